The van der Waals surface area contributed by atoms with Crippen molar-refractivity contribution in [3.8, 4) is 5.75 Å². The molecule has 0 aromatic heterocycles. The molecular weight excluding hydrogens is 382 g/mol. The minimum atomic E-state index is -3.66. The molecule has 5 rings (SSSR count). The van der Waals surface area contributed by atoms with Gasteiger partial charge in [-0.1, -0.05) is 35.9 Å². The lowest BCUT2D eigenvalue weighted by Crippen LogP contribution is -2.28. The highest BCUT2D eigenvalue weighted by atomic mass is 32.2. The minimum Gasteiger partial charge on any atom is -0.497 e. The summed E-state index contributed by atoms with van der Waals surface area (Å²) < 4.78 is 34.0. The largest absolute Gasteiger partial charge is 0.497 e. The van der Waals surface area contributed by atoms with Gasteiger partial charge in [0, 0.05) is 5.39 Å². The number of aryl methyl sites for hydroxylation is 2. The van der Waals surface area contributed by atoms with E-state index in [1.54, 1.807) is 23.5 Å². The summed E-state index contributed by atoms with van der Waals surface area (Å²) in [6.07, 6.45) is 0. The summed E-state index contributed by atoms with van der Waals surface area (Å²) in [5, 5.41) is 4.22. The third kappa shape index (κ3) is 2.61. The zero-order valence-corrected chi connectivity index (χ0v) is 17.4. The molecule has 0 bridgehead atoms. The standard InChI is InChI=1S/C24H21NO3S/c1-15-4-9-20(10-5-15)29(26,27)25-14-18-12-17-7-8-19(28-3)13-22(17)21-11-6-16(2)24(25)23(18)21/h4-13H,14H2,1-3H3. The lowest BCUT2D eigenvalue weighted by atomic mass is 9.96. The summed E-state index contributed by atoms with van der Waals surface area (Å²) in [4.78, 5) is 0.318. The van der Waals surface area contributed by atoms with Gasteiger partial charge in [0.25, 0.3) is 10.0 Å². The number of hydrogen-bond acceptors (Lipinski definition) is 3. The first kappa shape index (κ1) is 18.0. The summed E-state index contributed by atoms with van der Waals surface area (Å²) >= 11 is 0. The SMILES string of the molecule is COc1ccc2cc3c4c(c(C)ccc4c2c1)N(S(=O)(=O)c1ccc(C)cc1)C3. The third-order valence-corrected chi connectivity index (χ3v) is 7.51. The number of ether oxygens (including phenoxy) is 1. The predicted molar refractivity (Wildman–Crippen MR) is 117 cm³/mol. The number of hydrogen-bond donors (Lipinski definition) is 0. The number of methoxy groups -OCH3 is 1. The van der Waals surface area contributed by atoms with Crippen LogP contribution in [0.15, 0.2) is 65.6 Å². The fourth-order valence-corrected chi connectivity index (χ4v) is 5.77. The average molecular weight is 404 g/mol. The van der Waals surface area contributed by atoms with Gasteiger partial charge in [0.15, 0.2) is 0 Å². The lowest BCUT2D eigenvalue weighted by molar-refractivity contribution is 0.415. The molecular formula is C24H21NO3S. The molecule has 0 radical (unpaired) electrons. The van der Waals surface area contributed by atoms with Crippen molar-refractivity contribution in [3.63, 3.8) is 0 Å². The van der Waals surface area contributed by atoms with Crippen LogP contribution in [0.5, 0.6) is 5.75 Å². The van der Waals surface area contributed by atoms with E-state index in [0.29, 0.717) is 11.4 Å². The molecule has 4 aromatic rings. The number of fused-ring (bicyclic) bond motifs is 2. The highest BCUT2D eigenvalue weighted by molar-refractivity contribution is 7.92. The van der Waals surface area contributed by atoms with Gasteiger partial charge in [-0.2, -0.15) is 0 Å². The molecule has 0 N–H and O–H groups in total. The van der Waals surface area contributed by atoms with Gasteiger partial charge in [-0.25, -0.2) is 8.42 Å². The molecule has 1 heterocycles. The lowest BCUT2D eigenvalue weighted by Gasteiger charge is -2.21. The maximum Gasteiger partial charge on any atom is 0.264 e. The Bertz CT molecular complexity index is 1390. The van der Waals surface area contributed by atoms with Crippen molar-refractivity contribution in [2.24, 2.45) is 0 Å². The Morgan fingerprint density at radius 2 is 1.66 bits per heavy atom. The molecule has 0 amide bonds. The Balaban J connectivity index is 1.78. The predicted octanol–water partition coefficient (Wildman–Crippen LogP) is 5.33. The molecule has 0 saturated carbocycles. The average Bonchev–Trinajstić information content (AvgIpc) is 3.11. The van der Waals surface area contributed by atoms with Crippen molar-refractivity contribution in [2.75, 3.05) is 11.4 Å². The van der Waals surface area contributed by atoms with Gasteiger partial charge >= 0.3 is 0 Å². The maximum absolute atomic E-state index is 13.5. The fourth-order valence-electron chi connectivity index (χ4n) is 4.25. The van der Waals surface area contributed by atoms with Crippen LogP contribution in [-0.2, 0) is 16.6 Å². The van der Waals surface area contributed by atoms with E-state index < -0.39 is 10.0 Å². The summed E-state index contributed by atoms with van der Waals surface area (Å²) in [5.74, 6) is 0.789. The molecule has 0 atom stereocenters. The van der Waals surface area contributed by atoms with Gasteiger partial charge < -0.3 is 4.74 Å². The number of sulfonamides is 1. The van der Waals surface area contributed by atoms with Crippen molar-refractivity contribution in [1.29, 1.82) is 0 Å². The summed E-state index contributed by atoms with van der Waals surface area (Å²) in [5.41, 5.74) is 3.80. The molecule has 146 valence electrons. The van der Waals surface area contributed by atoms with E-state index >= 15 is 0 Å². The second-order valence-electron chi connectivity index (χ2n) is 7.60. The van der Waals surface area contributed by atoms with E-state index in [2.05, 4.69) is 12.1 Å². The Labute approximate surface area is 170 Å². The molecule has 4 nitrogen and oxygen atoms in total. The number of nitrogens with zero attached hydrogens (tertiary/aromatic N) is 1. The first-order chi connectivity index (χ1) is 13.9. The van der Waals surface area contributed by atoms with Crippen molar-refractivity contribution < 1.29 is 13.2 Å². The minimum absolute atomic E-state index is 0.318. The van der Waals surface area contributed by atoms with E-state index in [0.717, 1.165) is 49.7 Å². The van der Waals surface area contributed by atoms with Crippen LogP contribution < -0.4 is 9.04 Å². The number of rotatable bonds is 3. The zero-order valence-electron chi connectivity index (χ0n) is 16.6. The molecule has 29 heavy (non-hydrogen) atoms. The molecule has 1 aliphatic rings. The number of benzene rings is 4. The van der Waals surface area contributed by atoms with E-state index in [-0.39, 0.29) is 0 Å². The van der Waals surface area contributed by atoms with Crippen molar-refractivity contribution in [3.05, 3.63) is 77.4 Å². The van der Waals surface area contributed by atoms with Crippen LogP contribution in [0.3, 0.4) is 0 Å². The summed E-state index contributed by atoms with van der Waals surface area (Å²) in [7, 11) is -2.00. The van der Waals surface area contributed by atoms with Crippen LogP contribution in [0.25, 0.3) is 21.5 Å². The fraction of sp³-hybridized carbons (Fsp3) is 0.167. The first-order valence-electron chi connectivity index (χ1n) is 9.52. The molecule has 4 aromatic carbocycles. The van der Waals surface area contributed by atoms with Gasteiger partial charge in [0.2, 0.25) is 0 Å². The number of anilines is 1. The van der Waals surface area contributed by atoms with Crippen LogP contribution >= 0.6 is 0 Å². The maximum atomic E-state index is 13.5. The molecule has 0 unspecified atom stereocenters. The van der Waals surface area contributed by atoms with E-state index in [1.807, 2.05) is 50.2 Å². The van der Waals surface area contributed by atoms with E-state index in [1.165, 1.54) is 0 Å². The van der Waals surface area contributed by atoms with Gasteiger partial charge in [-0.3, -0.25) is 4.31 Å². The quantitative estimate of drug-likeness (QED) is 0.435. The van der Waals surface area contributed by atoms with Gasteiger partial charge in [0.05, 0.1) is 24.2 Å². The molecule has 5 heteroatoms. The van der Waals surface area contributed by atoms with Crippen molar-refractivity contribution in [1.82, 2.24) is 0 Å². The Kier molecular flexibility index (Phi) is 3.87. The van der Waals surface area contributed by atoms with E-state index in [4.69, 9.17) is 4.74 Å². The summed E-state index contributed by atoms with van der Waals surface area (Å²) in [6.45, 7) is 4.26. The van der Waals surface area contributed by atoms with Gasteiger partial charge in [0.1, 0.15) is 5.75 Å². The first-order valence-corrected chi connectivity index (χ1v) is 11.0. The highest BCUT2D eigenvalue weighted by Gasteiger charge is 2.33. The highest BCUT2D eigenvalue weighted by Crippen LogP contribution is 2.45. The van der Waals surface area contributed by atoms with Crippen LogP contribution in [0.2, 0.25) is 0 Å². The second-order valence-corrected chi connectivity index (χ2v) is 9.46. The van der Waals surface area contributed by atoms with Crippen molar-refractivity contribution >= 4 is 37.3 Å². The normalized spacial score (nSPS) is 13.4. The molecule has 1 aliphatic heterocycles. The third-order valence-electron chi connectivity index (χ3n) is 5.75. The zero-order chi connectivity index (χ0) is 20.3. The summed E-state index contributed by atoms with van der Waals surface area (Å²) in [6, 6.07) is 19.2. The monoisotopic (exact) mass is 403 g/mol. The van der Waals surface area contributed by atoms with Crippen LogP contribution in [0.4, 0.5) is 5.69 Å². The molecule has 0 aliphatic carbocycles. The molecule has 0 saturated heterocycles. The Morgan fingerprint density at radius 3 is 2.38 bits per heavy atom. The Morgan fingerprint density at radius 1 is 0.897 bits per heavy atom. The second kappa shape index (κ2) is 6.22. The Hall–Kier alpha value is -3.05. The van der Waals surface area contributed by atoms with Crippen molar-refractivity contribution in [2.45, 2.75) is 25.3 Å². The van der Waals surface area contributed by atoms with Crippen LogP contribution in [0, 0.1) is 13.8 Å². The van der Waals surface area contributed by atoms with Crippen LogP contribution in [-0.4, -0.2) is 15.5 Å². The smallest absolute Gasteiger partial charge is 0.264 e. The molecule has 0 fully saturated rings. The van der Waals surface area contributed by atoms with Crippen LogP contribution in [0.1, 0.15) is 16.7 Å². The van der Waals surface area contributed by atoms with Gasteiger partial charge in [-0.05, 0) is 71.5 Å². The van der Waals surface area contributed by atoms with E-state index in [9.17, 15) is 8.42 Å². The van der Waals surface area contributed by atoms with Gasteiger partial charge in [-0.15, -0.1) is 0 Å². The molecule has 0 spiro atoms. The topological polar surface area (TPSA) is 46.6 Å².